The third kappa shape index (κ3) is 1.61. The van der Waals surface area contributed by atoms with Gasteiger partial charge in [-0.1, -0.05) is 18.7 Å². The van der Waals surface area contributed by atoms with Crippen LogP contribution < -0.4 is 0 Å². The van der Waals surface area contributed by atoms with Crippen molar-refractivity contribution in [2.24, 2.45) is 0 Å². The monoisotopic (exact) mass is 140 g/mol. The standard InChI is InChI=1S/C8H12O2/c1-3-5-8(7-10-8)6-9-4-2/h3-5H,2,6-7H2,1H3/b5-3+. The number of epoxide rings is 1. The van der Waals surface area contributed by atoms with Crippen molar-refractivity contribution in [1.29, 1.82) is 0 Å². The summed E-state index contributed by atoms with van der Waals surface area (Å²) in [4.78, 5) is 0. The van der Waals surface area contributed by atoms with E-state index in [-0.39, 0.29) is 5.60 Å². The van der Waals surface area contributed by atoms with Gasteiger partial charge in [0.2, 0.25) is 0 Å². The van der Waals surface area contributed by atoms with E-state index in [1.807, 2.05) is 19.1 Å². The summed E-state index contributed by atoms with van der Waals surface area (Å²) in [6.07, 6.45) is 5.42. The van der Waals surface area contributed by atoms with E-state index in [4.69, 9.17) is 9.47 Å². The van der Waals surface area contributed by atoms with Crippen LogP contribution in [0.15, 0.2) is 25.0 Å². The minimum Gasteiger partial charge on any atom is -0.498 e. The first-order valence-electron chi connectivity index (χ1n) is 3.33. The van der Waals surface area contributed by atoms with Gasteiger partial charge in [-0.3, -0.25) is 0 Å². The van der Waals surface area contributed by atoms with Crippen molar-refractivity contribution in [3.05, 3.63) is 25.0 Å². The minimum atomic E-state index is -0.122. The van der Waals surface area contributed by atoms with Gasteiger partial charge in [0.25, 0.3) is 0 Å². The Morgan fingerprint density at radius 3 is 2.90 bits per heavy atom. The maximum Gasteiger partial charge on any atom is 0.143 e. The molecule has 1 aliphatic heterocycles. The Balaban J connectivity index is 2.30. The molecule has 56 valence electrons. The van der Waals surface area contributed by atoms with E-state index < -0.39 is 0 Å². The number of hydrogen-bond donors (Lipinski definition) is 0. The van der Waals surface area contributed by atoms with E-state index in [1.165, 1.54) is 6.26 Å². The van der Waals surface area contributed by atoms with E-state index in [9.17, 15) is 0 Å². The lowest BCUT2D eigenvalue weighted by atomic mass is 10.2. The van der Waals surface area contributed by atoms with Crippen molar-refractivity contribution in [1.82, 2.24) is 0 Å². The number of rotatable bonds is 4. The van der Waals surface area contributed by atoms with Crippen LogP contribution in [0.1, 0.15) is 6.92 Å². The van der Waals surface area contributed by atoms with Crippen molar-refractivity contribution >= 4 is 0 Å². The van der Waals surface area contributed by atoms with E-state index in [0.29, 0.717) is 6.61 Å². The number of ether oxygens (including phenoxy) is 2. The zero-order valence-electron chi connectivity index (χ0n) is 6.17. The van der Waals surface area contributed by atoms with Gasteiger partial charge >= 0.3 is 0 Å². The molecule has 1 rings (SSSR count). The van der Waals surface area contributed by atoms with Crippen LogP contribution in [-0.4, -0.2) is 18.8 Å². The van der Waals surface area contributed by atoms with Crippen molar-refractivity contribution < 1.29 is 9.47 Å². The molecular weight excluding hydrogens is 128 g/mol. The minimum absolute atomic E-state index is 0.122. The Morgan fingerprint density at radius 2 is 2.50 bits per heavy atom. The van der Waals surface area contributed by atoms with Crippen LogP contribution in [0, 0.1) is 0 Å². The van der Waals surface area contributed by atoms with Crippen molar-refractivity contribution in [3.63, 3.8) is 0 Å². The smallest absolute Gasteiger partial charge is 0.143 e. The quantitative estimate of drug-likeness (QED) is 0.335. The fraction of sp³-hybridized carbons (Fsp3) is 0.500. The van der Waals surface area contributed by atoms with Gasteiger partial charge in [-0.15, -0.1) is 0 Å². The Morgan fingerprint density at radius 1 is 1.80 bits per heavy atom. The van der Waals surface area contributed by atoms with E-state index in [2.05, 4.69) is 6.58 Å². The molecule has 2 nitrogen and oxygen atoms in total. The number of hydrogen-bond acceptors (Lipinski definition) is 2. The predicted octanol–water partition coefficient (Wildman–Crippen LogP) is 1.49. The molecule has 0 aromatic rings. The first-order valence-corrected chi connectivity index (χ1v) is 3.33. The largest absolute Gasteiger partial charge is 0.498 e. The van der Waals surface area contributed by atoms with Gasteiger partial charge in [0.15, 0.2) is 0 Å². The molecule has 1 heterocycles. The molecule has 2 heteroatoms. The molecule has 10 heavy (non-hydrogen) atoms. The Labute approximate surface area is 61.1 Å². The topological polar surface area (TPSA) is 21.8 Å². The summed E-state index contributed by atoms with van der Waals surface area (Å²) in [5.41, 5.74) is -0.122. The average Bonchev–Trinajstić information content (AvgIpc) is 2.67. The SMILES string of the molecule is C=COCC1(/C=C/C)CO1. The van der Waals surface area contributed by atoms with Gasteiger partial charge < -0.3 is 9.47 Å². The van der Waals surface area contributed by atoms with Crippen LogP contribution >= 0.6 is 0 Å². The fourth-order valence-corrected chi connectivity index (χ4v) is 0.824. The third-order valence-electron chi connectivity index (χ3n) is 1.43. The van der Waals surface area contributed by atoms with Crippen LogP contribution in [0.3, 0.4) is 0 Å². The van der Waals surface area contributed by atoms with Crippen LogP contribution in [0.5, 0.6) is 0 Å². The number of allylic oxidation sites excluding steroid dienone is 1. The third-order valence-corrected chi connectivity index (χ3v) is 1.43. The van der Waals surface area contributed by atoms with Crippen molar-refractivity contribution in [3.8, 4) is 0 Å². The highest BCUT2D eigenvalue weighted by molar-refractivity contribution is 5.09. The van der Waals surface area contributed by atoms with Crippen LogP contribution in [0.25, 0.3) is 0 Å². The molecular formula is C8H12O2. The van der Waals surface area contributed by atoms with Gasteiger partial charge in [0, 0.05) is 0 Å². The van der Waals surface area contributed by atoms with Gasteiger partial charge in [-0.25, -0.2) is 0 Å². The highest BCUT2D eigenvalue weighted by atomic mass is 16.6. The lowest BCUT2D eigenvalue weighted by Crippen LogP contribution is -2.13. The first-order chi connectivity index (χ1) is 4.83. The van der Waals surface area contributed by atoms with Crippen LogP contribution in [0.2, 0.25) is 0 Å². The summed E-state index contributed by atoms with van der Waals surface area (Å²) >= 11 is 0. The molecule has 1 saturated heterocycles. The normalized spacial score (nSPS) is 30.5. The Kier molecular flexibility index (Phi) is 2.12. The Bertz CT molecular complexity index is 145. The van der Waals surface area contributed by atoms with Crippen molar-refractivity contribution in [2.45, 2.75) is 12.5 Å². The second kappa shape index (κ2) is 2.88. The maximum absolute atomic E-state index is 5.18. The molecule has 0 N–H and O–H groups in total. The highest BCUT2D eigenvalue weighted by Gasteiger charge is 2.42. The molecule has 0 radical (unpaired) electrons. The zero-order chi connectivity index (χ0) is 7.45. The summed E-state index contributed by atoms with van der Waals surface area (Å²) in [5, 5.41) is 0. The van der Waals surface area contributed by atoms with Crippen LogP contribution in [0.4, 0.5) is 0 Å². The van der Waals surface area contributed by atoms with E-state index in [0.717, 1.165) is 6.61 Å². The summed E-state index contributed by atoms with van der Waals surface area (Å²) in [7, 11) is 0. The zero-order valence-corrected chi connectivity index (χ0v) is 6.17. The first kappa shape index (κ1) is 7.35. The molecule has 1 fully saturated rings. The van der Waals surface area contributed by atoms with Crippen LogP contribution in [-0.2, 0) is 9.47 Å². The van der Waals surface area contributed by atoms with Gasteiger partial charge in [-0.2, -0.15) is 0 Å². The highest BCUT2D eigenvalue weighted by Crippen LogP contribution is 2.28. The molecule has 0 aromatic carbocycles. The fourth-order valence-electron chi connectivity index (χ4n) is 0.824. The molecule has 1 aliphatic rings. The average molecular weight is 140 g/mol. The summed E-state index contributed by atoms with van der Waals surface area (Å²) in [6, 6.07) is 0. The lowest BCUT2D eigenvalue weighted by molar-refractivity contribution is 0.179. The molecule has 0 saturated carbocycles. The van der Waals surface area contributed by atoms with Crippen molar-refractivity contribution in [2.75, 3.05) is 13.2 Å². The second-order valence-electron chi connectivity index (χ2n) is 2.33. The van der Waals surface area contributed by atoms with E-state index in [1.54, 1.807) is 0 Å². The molecule has 1 atom stereocenters. The van der Waals surface area contributed by atoms with Gasteiger partial charge in [0.05, 0.1) is 12.9 Å². The summed E-state index contributed by atoms with van der Waals surface area (Å²) < 4.78 is 10.2. The van der Waals surface area contributed by atoms with Gasteiger partial charge in [0.1, 0.15) is 12.2 Å². The lowest BCUT2D eigenvalue weighted by Gasteiger charge is -2.03. The molecule has 0 aliphatic carbocycles. The second-order valence-corrected chi connectivity index (χ2v) is 2.33. The molecule has 0 bridgehead atoms. The molecule has 0 spiro atoms. The Hall–Kier alpha value is -0.760. The molecule has 0 aromatic heterocycles. The summed E-state index contributed by atoms with van der Waals surface area (Å²) in [6.45, 7) is 6.77. The predicted molar refractivity (Wildman–Crippen MR) is 39.6 cm³/mol. The van der Waals surface area contributed by atoms with Gasteiger partial charge in [-0.05, 0) is 6.92 Å². The molecule has 1 unspecified atom stereocenters. The maximum atomic E-state index is 5.18. The summed E-state index contributed by atoms with van der Waals surface area (Å²) in [5.74, 6) is 0. The molecule has 0 amide bonds. The van der Waals surface area contributed by atoms with E-state index >= 15 is 0 Å².